The van der Waals surface area contributed by atoms with Crippen molar-refractivity contribution in [2.24, 2.45) is 11.7 Å². The van der Waals surface area contributed by atoms with Gasteiger partial charge in [0.15, 0.2) is 0 Å². The molecule has 5 nitrogen and oxygen atoms in total. The molecule has 0 fully saturated rings. The third-order valence-corrected chi connectivity index (χ3v) is 3.43. The molecule has 1 unspecified atom stereocenters. The highest BCUT2D eigenvalue weighted by Gasteiger charge is 2.14. The Kier molecular flexibility index (Phi) is 3.54. The zero-order valence-electron chi connectivity index (χ0n) is 10.3. The van der Waals surface area contributed by atoms with Crippen molar-refractivity contribution in [3.05, 3.63) is 28.0 Å². The molecule has 0 saturated carbocycles. The van der Waals surface area contributed by atoms with E-state index in [1.54, 1.807) is 16.0 Å². The molecule has 0 amide bonds. The topological polar surface area (TPSA) is 69.6 Å². The predicted octanol–water partition coefficient (Wildman–Crippen LogP) is 1.75. The zero-order chi connectivity index (χ0) is 12.4. The van der Waals surface area contributed by atoms with Gasteiger partial charge in [-0.15, -0.1) is 16.4 Å². The van der Waals surface area contributed by atoms with E-state index in [9.17, 15) is 0 Å². The molecule has 2 heterocycles. The van der Waals surface area contributed by atoms with E-state index in [1.165, 1.54) is 0 Å². The summed E-state index contributed by atoms with van der Waals surface area (Å²) >= 11 is 1.64. The molecule has 0 aliphatic heterocycles. The zero-order valence-corrected chi connectivity index (χ0v) is 11.1. The number of hydrogen-bond donors (Lipinski definition) is 1. The fourth-order valence-electron chi connectivity index (χ4n) is 1.53. The Balaban J connectivity index is 2.08. The Morgan fingerprint density at radius 2 is 2.24 bits per heavy atom. The van der Waals surface area contributed by atoms with E-state index >= 15 is 0 Å². The first-order valence-electron chi connectivity index (χ1n) is 5.63. The highest BCUT2D eigenvalue weighted by Crippen LogP contribution is 2.16. The standard InChI is InChI=1S/C11H17N5S/c1-7(2)11(12)10-5-16(15-14-10)4-9-6-17-8(3)13-9/h5-7,11H,4,12H2,1-3H3. The summed E-state index contributed by atoms with van der Waals surface area (Å²) in [6.45, 7) is 6.80. The van der Waals surface area contributed by atoms with E-state index < -0.39 is 0 Å². The first-order valence-corrected chi connectivity index (χ1v) is 6.51. The largest absolute Gasteiger partial charge is 0.322 e. The molecule has 6 heteroatoms. The van der Waals surface area contributed by atoms with Gasteiger partial charge in [0.1, 0.15) is 0 Å². The number of aromatic nitrogens is 4. The average Bonchev–Trinajstić information content (AvgIpc) is 2.87. The van der Waals surface area contributed by atoms with Crippen LogP contribution < -0.4 is 5.73 Å². The number of aryl methyl sites for hydroxylation is 1. The van der Waals surface area contributed by atoms with Gasteiger partial charge in [0.2, 0.25) is 0 Å². The number of nitrogens with zero attached hydrogens (tertiary/aromatic N) is 4. The second-order valence-electron chi connectivity index (χ2n) is 4.47. The molecule has 0 aliphatic rings. The summed E-state index contributed by atoms with van der Waals surface area (Å²) in [4.78, 5) is 4.39. The van der Waals surface area contributed by atoms with Crippen LogP contribution in [0.4, 0.5) is 0 Å². The Hall–Kier alpha value is -1.27. The quantitative estimate of drug-likeness (QED) is 0.898. The average molecular weight is 251 g/mol. The molecule has 0 aliphatic carbocycles. The van der Waals surface area contributed by atoms with Crippen molar-refractivity contribution in [2.45, 2.75) is 33.4 Å². The minimum atomic E-state index is -0.0547. The maximum Gasteiger partial charge on any atom is 0.0996 e. The van der Waals surface area contributed by atoms with Crippen LogP contribution in [0.15, 0.2) is 11.6 Å². The van der Waals surface area contributed by atoms with Crippen molar-refractivity contribution < 1.29 is 0 Å². The molecule has 0 aromatic carbocycles. The van der Waals surface area contributed by atoms with Crippen molar-refractivity contribution in [3.8, 4) is 0 Å². The number of hydrogen-bond acceptors (Lipinski definition) is 5. The van der Waals surface area contributed by atoms with Crippen LogP contribution in [0.5, 0.6) is 0 Å². The van der Waals surface area contributed by atoms with E-state index in [4.69, 9.17) is 5.73 Å². The van der Waals surface area contributed by atoms with Crippen LogP contribution in [0.25, 0.3) is 0 Å². The van der Waals surface area contributed by atoms with Gasteiger partial charge in [0.05, 0.1) is 35.2 Å². The molecule has 2 rings (SSSR count). The molecule has 17 heavy (non-hydrogen) atoms. The van der Waals surface area contributed by atoms with Crippen LogP contribution in [0, 0.1) is 12.8 Å². The molecular formula is C11H17N5S. The first-order chi connectivity index (χ1) is 8.06. The summed E-state index contributed by atoms with van der Waals surface area (Å²) in [7, 11) is 0. The maximum atomic E-state index is 6.02. The molecule has 92 valence electrons. The molecular weight excluding hydrogens is 234 g/mol. The normalized spacial score (nSPS) is 13.2. The van der Waals surface area contributed by atoms with E-state index in [2.05, 4.69) is 29.1 Å². The van der Waals surface area contributed by atoms with Crippen LogP contribution >= 0.6 is 11.3 Å². The SMILES string of the molecule is Cc1nc(Cn2cc(C(N)C(C)C)nn2)cs1. The first kappa shape index (κ1) is 12.2. The fourth-order valence-corrected chi connectivity index (χ4v) is 2.14. The van der Waals surface area contributed by atoms with Crippen LogP contribution in [-0.2, 0) is 6.54 Å². The number of nitrogens with two attached hydrogens (primary N) is 1. The smallest absolute Gasteiger partial charge is 0.0996 e. The highest BCUT2D eigenvalue weighted by atomic mass is 32.1. The Morgan fingerprint density at radius 3 is 2.82 bits per heavy atom. The molecule has 2 aromatic rings. The summed E-state index contributed by atoms with van der Waals surface area (Å²) in [5.74, 6) is 0.363. The molecule has 0 saturated heterocycles. The molecule has 0 radical (unpaired) electrons. The van der Waals surface area contributed by atoms with Crippen LogP contribution in [0.3, 0.4) is 0 Å². The summed E-state index contributed by atoms with van der Waals surface area (Å²) in [5, 5.41) is 11.3. The monoisotopic (exact) mass is 251 g/mol. The van der Waals surface area contributed by atoms with Gasteiger partial charge in [-0.05, 0) is 12.8 Å². The minimum absolute atomic E-state index is 0.0547. The lowest BCUT2D eigenvalue weighted by atomic mass is 10.0. The number of rotatable bonds is 4. The van der Waals surface area contributed by atoms with Gasteiger partial charge >= 0.3 is 0 Å². The van der Waals surface area contributed by atoms with Crippen molar-refractivity contribution in [1.82, 2.24) is 20.0 Å². The molecule has 1 atom stereocenters. The van der Waals surface area contributed by atoms with Gasteiger partial charge in [0.25, 0.3) is 0 Å². The van der Waals surface area contributed by atoms with Crippen LogP contribution in [-0.4, -0.2) is 20.0 Å². The Bertz CT molecular complexity index is 488. The van der Waals surface area contributed by atoms with Gasteiger partial charge < -0.3 is 5.73 Å². The third kappa shape index (κ3) is 2.89. The van der Waals surface area contributed by atoms with Gasteiger partial charge in [-0.2, -0.15) is 0 Å². The van der Waals surface area contributed by atoms with Crippen molar-refractivity contribution in [3.63, 3.8) is 0 Å². The van der Waals surface area contributed by atoms with Gasteiger partial charge in [-0.1, -0.05) is 19.1 Å². The van der Waals surface area contributed by atoms with Crippen molar-refractivity contribution in [2.75, 3.05) is 0 Å². The number of thiazole rings is 1. The summed E-state index contributed by atoms with van der Waals surface area (Å²) in [6.07, 6.45) is 1.90. The summed E-state index contributed by atoms with van der Waals surface area (Å²) in [6, 6.07) is -0.0547. The molecule has 0 spiro atoms. The maximum absolute atomic E-state index is 6.02. The lowest BCUT2D eigenvalue weighted by molar-refractivity contribution is 0.502. The van der Waals surface area contributed by atoms with Crippen LogP contribution in [0.2, 0.25) is 0 Å². The van der Waals surface area contributed by atoms with Gasteiger partial charge in [-0.25, -0.2) is 9.67 Å². The highest BCUT2D eigenvalue weighted by molar-refractivity contribution is 7.09. The molecule has 2 aromatic heterocycles. The van der Waals surface area contributed by atoms with Gasteiger partial charge in [0, 0.05) is 5.38 Å². The third-order valence-electron chi connectivity index (χ3n) is 2.61. The minimum Gasteiger partial charge on any atom is -0.322 e. The lowest BCUT2D eigenvalue weighted by Gasteiger charge is -2.10. The van der Waals surface area contributed by atoms with E-state index in [-0.39, 0.29) is 6.04 Å². The predicted molar refractivity (Wildman–Crippen MR) is 67.7 cm³/mol. The van der Waals surface area contributed by atoms with E-state index in [0.717, 1.165) is 16.4 Å². The van der Waals surface area contributed by atoms with E-state index in [0.29, 0.717) is 12.5 Å². The van der Waals surface area contributed by atoms with Crippen molar-refractivity contribution >= 4 is 11.3 Å². The lowest BCUT2D eigenvalue weighted by Crippen LogP contribution is -2.17. The molecule has 2 N–H and O–H groups in total. The Morgan fingerprint density at radius 1 is 1.47 bits per heavy atom. The second-order valence-corrected chi connectivity index (χ2v) is 5.53. The van der Waals surface area contributed by atoms with Crippen molar-refractivity contribution in [1.29, 1.82) is 0 Å². The second kappa shape index (κ2) is 4.93. The van der Waals surface area contributed by atoms with Gasteiger partial charge in [-0.3, -0.25) is 0 Å². The van der Waals surface area contributed by atoms with E-state index in [1.807, 2.05) is 18.5 Å². The van der Waals surface area contributed by atoms with Crippen LogP contribution in [0.1, 0.15) is 36.3 Å². The molecule has 0 bridgehead atoms. The summed E-state index contributed by atoms with van der Waals surface area (Å²) < 4.78 is 1.78. The Labute approximate surface area is 105 Å². The summed E-state index contributed by atoms with van der Waals surface area (Å²) in [5.41, 5.74) is 7.87. The fraction of sp³-hybridized carbons (Fsp3) is 0.545.